The highest BCUT2D eigenvalue weighted by molar-refractivity contribution is 6.33. The molecule has 0 fully saturated rings. The van der Waals surface area contributed by atoms with Crippen molar-refractivity contribution >= 4 is 28.9 Å². The molecule has 21 heavy (non-hydrogen) atoms. The van der Waals surface area contributed by atoms with Crippen molar-refractivity contribution < 1.29 is 14.3 Å². The molecule has 5 nitrogen and oxygen atoms in total. The Morgan fingerprint density at radius 2 is 1.95 bits per heavy atom. The highest BCUT2D eigenvalue weighted by Gasteiger charge is 2.16. The molecule has 110 valence electrons. The lowest BCUT2D eigenvalue weighted by Gasteiger charge is -2.13. The number of carbonyl (C=O) groups excluding carboxylic acids is 1. The number of hydrogen-bond acceptors (Lipinski definition) is 4. The summed E-state index contributed by atoms with van der Waals surface area (Å²) in [5.74, 6) is 0.533. The van der Waals surface area contributed by atoms with E-state index in [1.54, 1.807) is 36.4 Å². The predicted molar refractivity (Wildman–Crippen MR) is 83.4 cm³/mol. The number of nitrogen functional groups attached to an aromatic ring is 1. The number of methoxy groups -OCH3 is 2. The van der Waals surface area contributed by atoms with E-state index in [4.69, 9.17) is 26.8 Å². The number of carbonyl (C=O) groups is 1. The molecule has 0 radical (unpaired) electrons. The van der Waals surface area contributed by atoms with Crippen LogP contribution in [0.1, 0.15) is 10.4 Å². The molecule has 2 aromatic carbocycles. The smallest absolute Gasteiger partial charge is 0.259 e. The molecule has 0 heterocycles. The molecule has 0 aromatic heterocycles. The molecule has 3 N–H and O–H groups in total. The maximum atomic E-state index is 12.3. The van der Waals surface area contributed by atoms with Crippen molar-refractivity contribution in [1.82, 2.24) is 0 Å². The van der Waals surface area contributed by atoms with E-state index in [0.29, 0.717) is 33.5 Å². The van der Waals surface area contributed by atoms with Gasteiger partial charge in [-0.1, -0.05) is 17.7 Å². The Morgan fingerprint density at radius 3 is 2.57 bits per heavy atom. The van der Waals surface area contributed by atoms with Gasteiger partial charge in [0.1, 0.15) is 0 Å². The van der Waals surface area contributed by atoms with Gasteiger partial charge >= 0.3 is 0 Å². The zero-order valence-electron chi connectivity index (χ0n) is 11.6. The van der Waals surface area contributed by atoms with Crippen LogP contribution in [0, 0.1) is 0 Å². The van der Waals surface area contributed by atoms with Gasteiger partial charge in [-0.05, 0) is 30.3 Å². The lowest BCUT2D eigenvalue weighted by molar-refractivity contribution is 0.102. The van der Waals surface area contributed by atoms with Crippen molar-refractivity contribution in [2.45, 2.75) is 0 Å². The van der Waals surface area contributed by atoms with Gasteiger partial charge < -0.3 is 20.5 Å². The molecule has 2 rings (SSSR count). The third-order valence-corrected chi connectivity index (χ3v) is 3.23. The maximum Gasteiger partial charge on any atom is 0.259 e. The highest BCUT2D eigenvalue weighted by atomic mass is 35.5. The minimum absolute atomic E-state index is 0.327. The maximum absolute atomic E-state index is 12.3. The molecular formula is C15H15ClN2O3. The number of hydrogen-bond donors (Lipinski definition) is 2. The molecule has 0 saturated carbocycles. The van der Waals surface area contributed by atoms with Gasteiger partial charge in [0.15, 0.2) is 11.5 Å². The fourth-order valence-corrected chi connectivity index (χ4v) is 2.05. The van der Waals surface area contributed by atoms with Crippen LogP contribution in [0.25, 0.3) is 0 Å². The summed E-state index contributed by atoms with van der Waals surface area (Å²) in [6.07, 6.45) is 0. The summed E-state index contributed by atoms with van der Waals surface area (Å²) in [6, 6.07) is 9.96. The number of ether oxygens (including phenoxy) is 2. The molecule has 0 aliphatic carbocycles. The van der Waals surface area contributed by atoms with Gasteiger partial charge in [0.05, 0.1) is 30.5 Å². The van der Waals surface area contributed by atoms with Crippen LogP contribution in [0.2, 0.25) is 5.02 Å². The average molecular weight is 307 g/mol. The number of halogens is 1. The number of anilines is 2. The lowest BCUT2D eigenvalue weighted by Crippen LogP contribution is -2.13. The molecule has 0 bridgehead atoms. The first-order chi connectivity index (χ1) is 10.1. The molecule has 0 aliphatic heterocycles. The summed E-state index contributed by atoms with van der Waals surface area (Å²) in [6.45, 7) is 0. The van der Waals surface area contributed by atoms with Gasteiger partial charge in [0.25, 0.3) is 5.91 Å². The number of rotatable bonds is 4. The van der Waals surface area contributed by atoms with Gasteiger partial charge in [-0.15, -0.1) is 0 Å². The normalized spacial score (nSPS) is 10.0. The van der Waals surface area contributed by atoms with E-state index < -0.39 is 0 Å². The monoisotopic (exact) mass is 306 g/mol. The molecule has 2 aromatic rings. The molecule has 0 saturated heterocycles. The number of nitrogens with one attached hydrogen (secondary N) is 1. The Morgan fingerprint density at radius 1 is 1.19 bits per heavy atom. The number of benzene rings is 2. The first kappa shape index (κ1) is 15.0. The van der Waals surface area contributed by atoms with Gasteiger partial charge in [0, 0.05) is 5.69 Å². The molecule has 1 amide bonds. The Hall–Kier alpha value is -2.40. The van der Waals surface area contributed by atoms with Crippen LogP contribution in [0.15, 0.2) is 36.4 Å². The van der Waals surface area contributed by atoms with Crippen LogP contribution in [0.3, 0.4) is 0 Å². The second-order valence-corrected chi connectivity index (χ2v) is 4.64. The Kier molecular flexibility index (Phi) is 4.55. The van der Waals surface area contributed by atoms with Crippen molar-refractivity contribution in [1.29, 1.82) is 0 Å². The molecule has 0 unspecified atom stereocenters. The molecular weight excluding hydrogens is 292 g/mol. The lowest BCUT2D eigenvalue weighted by atomic mass is 10.1. The van der Waals surface area contributed by atoms with E-state index in [9.17, 15) is 4.79 Å². The Labute approximate surface area is 127 Å². The number of para-hydroxylation sites is 1. The minimum atomic E-state index is -0.327. The van der Waals surface area contributed by atoms with Crippen LogP contribution in [-0.4, -0.2) is 20.1 Å². The molecule has 0 spiro atoms. The molecule has 6 heteroatoms. The summed E-state index contributed by atoms with van der Waals surface area (Å²) in [4.78, 5) is 12.3. The summed E-state index contributed by atoms with van der Waals surface area (Å²) < 4.78 is 10.4. The average Bonchev–Trinajstić information content (AvgIpc) is 2.49. The second kappa shape index (κ2) is 6.37. The summed E-state index contributed by atoms with van der Waals surface area (Å²) in [5.41, 5.74) is 7.00. The largest absolute Gasteiger partial charge is 0.493 e. The second-order valence-electron chi connectivity index (χ2n) is 4.23. The summed E-state index contributed by atoms with van der Waals surface area (Å²) in [5, 5.41) is 3.12. The third kappa shape index (κ3) is 3.20. The van der Waals surface area contributed by atoms with Crippen molar-refractivity contribution in [3.63, 3.8) is 0 Å². The van der Waals surface area contributed by atoms with Crippen molar-refractivity contribution in [2.75, 3.05) is 25.3 Å². The van der Waals surface area contributed by atoms with E-state index in [1.807, 2.05) is 0 Å². The van der Waals surface area contributed by atoms with E-state index in [0.717, 1.165) is 0 Å². The zero-order chi connectivity index (χ0) is 15.4. The summed E-state index contributed by atoms with van der Waals surface area (Å²) >= 11 is 5.93. The topological polar surface area (TPSA) is 73.6 Å². The van der Waals surface area contributed by atoms with Crippen LogP contribution in [0.4, 0.5) is 11.4 Å². The van der Waals surface area contributed by atoms with Gasteiger partial charge in [-0.25, -0.2) is 0 Å². The standard InChI is InChI=1S/C15H15ClN2O3/c1-20-13-5-3-4-10(14(13)21-2)15(19)18-9-6-7-12(17)11(16)8-9/h3-8H,17H2,1-2H3,(H,18,19). The highest BCUT2D eigenvalue weighted by Crippen LogP contribution is 2.31. The number of nitrogens with two attached hydrogens (primary N) is 1. The van der Waals surface area contributed by atoms with Crippen molar-refractivity contribution in [3.05, 3.63) is 47.0 Å². The van der Waals surface area contributed by atoms with Gasteiger partial charge in [-0.2, -0.15) is 0 Å². The van der Waals surface area contributed by atoms with E-state index in [2.05, 4.69) is 5.32 Å². The quantitative estimate of drug-likeness (QED) is 0.851. The van der Waals surface area contributed by atoms with Crippen molar-refractivity contribution in [3.8, 4) is 11.5 Å². The Bertz CT molecular complexity index is 674. The van der Waals surface area contributed by atoms with E-state index in [1.165, 1.54) is 14.2 Å². The van der Waals surface area contributed by atoms with E-state index in [-0.39, 0.29) is 5.91 Å². The SMILES string of the molecule is COc1cccc(C(=O)Nc2ccc(N)c(Cl)c2)c1OC. The van der Waals surface area contributed by atoms with Crippen molar-refractivity contribution in [2.24, 2.45) is 0 Å². The van der Waals surface area contributed by atoms with Crippen LogP contribution >= 0.6 is 11.6 Å². The van der Waals surface area contributed by atoms with Gasteiger partial charge in [0.2, 0.25) is 0 Å². The van der Waals surface area contributed by atoms with Crippen LogP contribution in [-0.2, 0) is 0 Å². The van der Waals surface area contributed by atoms with Crippen LogP contribution in [0.5, 0.6) is 11.5 Å². The fraction of sp³-hybridized carbons (Fsp3) is 0.133. The minimum Gasteiger partial charge on any atom is -0.493 e. The Balaban J connectivity index is 2.30. The first-order valence-electron chi connectivity index (χ1n) is 6.14. The molecule has 0 aliphatic rings. The molecule has 0 atom stereocenters. The van der Waals surface area contributed by atoms with Gasteiger partial charge in [-0.3, -0.25) is 4.79 Å². The predicted octanol–water partition coefficient (Wildman–Crippen LogP) is 3.19. The first-order valence-corrected chi connectivity index (χ1v) is 6.52. The summed E-state index contributed by atoms with van der Waals surface area (Å²) in [7, 11) is 2.99. The fourth-order valence-electron chi connectivity index (χ4n) is 1.87. The van der Waals surface area contributed by atoms with E-state index >= 15 is 0 Å². The zero-order valence-corrected chi connectivity index (χ0v) is 12.4. The third-order valence-electron chi connectivity index (χ3n) is 2.91. The van der Waals surface area contributed by atoms with Crippen LogP contribution < -0.4 is 20.5 Å². The number of amides is 1.